The lowest BCUT2D eigenvalue weighted by atomic mass is 9.99. The number of nitrogens with one attached hydrogen (secondary N) is 1. The molecule has 1 aromatic carbocycles. The molecular weight excluding hydrogens is 365 g/mol. The number of aliphatic carboxylic acids is 1. The Kier molecular flexibility index (Phi) is 5.31. The Bertz CT molecular complexity index is 745. The Morgan fingerprint density at radius 3 is 2.77 bits per heavy atom. The molecule has 0 bridgehead atoms. The van der Waals surface area contributed by atoms with Crippen LogP contribution in [-0.2, 0) is 9.59 Å². The van der Waals surface area contributed by atoms with Crippen molar-refractivity contribution in [3.05, 3.63) is 29.0 Å². The third-order valence-corrected chi connectivity index (χ3v) is 5.03. The van der Waals surface area contributed by atoms with E-state index in [4.69, 9.17) is 16.7 Å². The Morgan fingerprint density at radius 2 is 2.08 bits per heavy atom. The average Bonchev–Trinajstić information content (AvgIpc) is 2.97. The Labute approximate surface area is 154 Å². The molecule has 2 saturated heterocycles. The second kappa shape index (κ2) is 7.49. The summed E-state index contributed by atoms with van der Waals surface area (Å²) in [6.07, 6.45) is 1.29. The number of carboxylic acid groups (broad SMARTS) is 1. The van der Waals surface area contributed by atoms with Crippen LogP contribution in [0.15, 0.2) is 18.2 Å². The van der Waals surface area contributed by atoms with Gasteiger partial charge in [0.2, 0.25) is 5.91 Å². The number of halogens is 2. The zero-order valence-electron chi connectivity index (χ0n) is 14.0. The van der Waals surface area contributed by atoms with Gasteiger partial charge in [-0.2, -0.15) is 0 Å². The fourth-order valence-corrected chi connectivity index (χ4v) is 3.45. The predicted molar refractivity (Wildman–Crippen MR) is 92.6 cm³/mol. The van der Waals surface area contributed by atoms with E-state index in [9.17, 15) is 18.8 Å². The van der Waals surface area contributed by atoms with Crippen LogP contribution < -0.4 is 10.2 Å². The fraction of sp³-hybridized carbons (Fsp3) is 0.471. The number of amides is 3. The number of hydrogen-bond donors (Lipinski definition) is 2. The first-order chi connectivity index (χ1) is 12.3. The van der Waals surface area contributed by atoms with Crippen molar-refractivity contribution < 1.29 is 23.9 Å². The molecular formula is C17H19ClFN3O4. The Hall–Kier alpha value is -2.35. The van der Waals surface area contributed by atoms with Crippen molar-refractivity contribution in [1.29, 1.82) is 0 Å². The van der Waals surface area contributed by atoms with E-state index >= 15 is 0 Å². The molecule has 26 heavy (non-hydrogen) atoms. The molecule has 140 valence electrons. The third kappa shape index (κ3) is 3.90. The molecule has 2 atom stereocenters. The normalized spacial score (nSPS) is 23.2. The summed E-state index contributed by atoms with van der Waals surface area (Å²) in [7, 11) is 0. The maximum absolute atomic E-state index is 13.6. The number of hydrogen-bond acceptors (Lipinski definition) is 3. The zero-order valence-corrected chi connectivity index (χ0v) is 14.7. The van der Waals surface area contributed by atoms with Crippen molar-refractivity contribution in [3.63, 3.8) is 0 Å². The lowest BCUT2D eigenvalue weighted by Gasteiger charge is -2.31. The van der Waals surface area contributed by atoms with Gasteiger partial charge in [-0.1, -0.05) is 11.6 Å². The summed E-state index contributed by atoms with van der Waals surface area (Å²) >= 11 is 5.66. The van der Waals surface area contributed by atoms with Crippen LogP contribution in [0.2, 0.25) is 5.02 Å². The van der Waals surface area contributed by atoms with Gasteiger partial charge in [0.1, 0.15) is 5.82 Å². The maximum Gasteiger partial charge on any atom is 0.317 e. The first-order valence-electron chi connectivity index (χ1n) is 8.39. The van der Waals surface area contributed by atoms with Crippen LogP contribution >= 0.6 is 11.6 Å². The number of benzene rings is 1. The SMILES string of the molecule is O=C(O)C1CCCN(C(=O)NC2CC(=O)N(c3ccc(Cl)c(F)c3)C2)C1. The minimum absolute atomic E-state index is 0.0247. The number of urea groups is 1. The molecule has 9 heteroatoms. The highest BCUT2D eigenvalue weighted by atomic mass is 35.5. The first-order valence-corrected chi connectivity index (χ1v) is 8.76. The zero-order chi connectivity index (χ0) is 18.8. The van der Waals surface area contributed by atoms with Gasteiger partial charge in [0.15, 0.2) is 0 Å². The molecule has 2 aliphatic heterocycles. The summed E-state index contributed by atoms with van der Waals surface area (Å²) in [4.78, 5) is 38.6. The van der Waals surface area contributed by atoms with Gasteiger partial charge in [-0.15, -0.1) is 0 Å². The summed E-state index contributed by atoms with van der Waals surface area (Å²) in [5, 5.41) is 11.9. The van der Waals surface area contributed by atoms with Crippen molar-refractivity contribution in [2.75, 3.05) is 24.5 Å². The second-order valence-electron chi connectivity index (χ2n) is 6.58. The van der Waals surface area contributed by atoms with Gasteiger partial charge in [-0.05, 0) is 31.0 Å². The highest BCUT2D eigenvalue weighted by molar-refractivity contribution is 6.30. The van der Waals surface area contributed by atoms with E-state index in [2.05, 4.69) is 5.32 Å². The summed E-state index contributed by atoms with van der Waals surface area (Å²) in [6, 6.07) is 3.32. The van der Waals surface area contributed by atoms with Gasteiger partial charge < -0.3 is 20.2 Å². The van der Waals surface area contributed by atoms with Crippen LogP contribution in [0.4, 0.5) is 14.9 Å². The van der Waals surface area contributed by atoms with Gasteiger partial charge in [-0.3, -0.25) is 9.59 Å². The molecule has 0 saturated carbocycles. The molecule has 0 radical (unpaired) electrons. The molecule has 1 aromatic rings. The van der Waals surface area contributed by atoms with E-state index in [1.54, 1.807) is 6.07 Å². The Balaban J connectivity index is 1.61. The Morgan fingerprint density at radius 1 is 1.31 bits per heavy atom. The summed E-state index contributed by atoms with van der Waals surface area (Å²) < 4.78 is 13.6. The number of anilines is 1. The average molecular weight is 384 g/mol. The molecule has 3 rings (SSSR count). The second-order valence-corrected chi connectivity index (χ2v) is 6.98. The standard InChI is InChI=1S/C17H19ClFN3O4/c18-13-4-3-12(7-14(13)19)22-9-11(6-15(22)23)20-17(26)21-5-1-2-10(8-21)16(24)25/h3-4,7,10-11H,1-2,5-6,8-9H2,(H,20,26)(H,24,25). The minimum atomic E-state index is -0.908. The molecule has 2 heterocycles. The monoisotopic (exact) mass is 383 g/mol. The number of nitrogens with zero attached hydrogens (tertiary/aromatic N) is 2. The van der Waals surface area contributed by atoms with E-state index in [-0.39, 0.29) is 36.5 Å². The molecule has 2 N–H and O–H groups in total. The van der Waals surface area contributed by atoms with Crippen LogP contribution in [0.3, 0.4) is 0 Å². The van der Waals surface area contributed by atoms with E-state index in [0.29, 0.717) is 25.1 Å². The lowest BCUT2D eigenvalue weighted by Crippen LogP contribution is -2.50. The number of carbonyl (C=O) groups is 3. The van der Waals surface area contributed by atoms with Crippen molar-refractivity contribution in [1.82, 2.24) is 10.2 Å². The van der Waals surface area contributed by atoms with Gasteiger partial charge in [0.05, 0.1) is 17.0 Å². The third-order valence-electron chi connectivity index (χ3n) is 4.73. The van der Waals surface area contributed by atoms with E-state index in [0.717, 1.165) is 0 Å². The number of piperidine rings is 1. The molecule has 2 aliphatic rings. The van der Waals surface area contributed by atoms with Gasteiger partial charge in [0.25, 0.3) is 0 Å². The minimum Gasteiger partial charge on any atom is -0.481 e. The molecule has 0 aliphatic carbocycles. The van der Waals surface area contributed by atoms with Crippen molar-refractivity contribution in [2.24, 2.45) is 5.92 Å². The highest BCUT2D eigenvalue weighted by Crippen LogP contribution is 2.26. The summed E-state index contributed by atoms with van der Waals surface area (Å²) in [5.74, 6) is -2.31. The topological polar surface area (TPSA) is 90.0 Å². The lowest BCUT2D eigenvalue weighted by molar-refractivity contribution is -0.143. The van der Waals surface area contributed by atoms with Crippen molar-refractivity contribution >= 4 is 35.2 Å². The molecule has 0 aromatic heterocycles. The van der Waals surface area contributed by atoms with Gasteiger partial charge >= 0.3 is 12.0 Å². The van der Waals surface area contributed by atoms with E-state index < -0.39 is 23.7 Å². The molecule has 7 nitrogen and oxygen atoms in total. The first kappa shape index (κ1) is 18.4. The fourth-order valence-electron chi connectivity index (χ4n) is 3.34. The van der Waals surface area contributed by atoms with E-state index in [1.807, 2.05) is 0 Å². The number of likely N-dealkylation sites (tertiary alicyclic amines) is 1. The van der Waals surface area contributed by atoms with Gasteiger partial charge in [-0.25, -0.2) is 9.18 Å². The molecule has 0 spiro atoms. The van der Waals surface area contributed by atoms with Crippen LogP contribution in [0.25, 0.3) is 0 Å². The highest BCUT2D eigenvalue weighted by Gasteiger charge is 2.34. The van der Waals surface area contributed by atoms with Crippen LogP contribution in [0.5, 0.6) is 0 Å². The molecule has 2 fully saturated rings. The van der Waals surface area contributed by atoms with Crippen LogP contribution in [0, 0.1) is 11.7 Å². The number of carbonyl (C=O) groups excluding carboxylic acids is 2. The smallest absolute Gasteiger partial charge is 0.317 e. The number of rotatable bonds is 3. The predicted octanol–water partition coefficient (Wildman–Crippen LogP) is 2.09. The summed E-state index contributed by atoms with van der Waals surface area (Å²) in [5.41, 5.74) is 0.387. The van der Waals surface area contributed by atoms with Crippen LogP contribution in [-0.4, -0.2) is 53.6 Å². The van der Waals surface area contributed by atoms with Crippen LogP contribution in [0.1, 0.15) is 19.3 Å². The van der Waals surface area contributed by atoms with Crippen molar-refractivity contribution in [3.8, 4) is 0 Å². The summed E-state index contributed by atoms with van der Waals surface area (Å²) in [6.45, 7) is 0.873. The molecule has 3 amide bonds. The largest absolute Gasteiger partial charge is 0.481 e. The van der Waals surface area contributed by atoms with Gasteiger partial charge in [0, 0.05) is 31.7 Å². The molecule has 2 unspecified atom stereocenters. The quantitative estimate of drug-likeness (QED) is 0.836. The maximum atomic E-state index is 13.6. The number of carboxylic acids is 1. The van der Waals surface area contributed by atoms with E-state index in [1.165, 1.54) is 21.9 Å². The van der Waals surface area contributed by atoms with Crippen molar-refractivity contribution in [2.45, 2.75) is 25.3 Å².